The van der Waals surface area contributed by atoms with E-state index in [9.17, 15) is 0 Å². The van der Waals surface area contributed by atoms with Gasteiger partial charge in [-0.15, -0.1) is 0 Å². The molecule has 0 aliphatic rings. The van der Waals surface area contributed by atoms with Gasteiger partial charge in [-0.1, -0.05) is 36.4 Å². The Labute approximate surface area is 162 Å². The Morgan fingerprint density at radius 2 is 1.19 bits per heavy atom. The molecule has 3 rings (SSSR count). The third-order valence-corrected chi connectivity index (χ3v) is 4.49. The van der Waals surface area contributed by atoms with E-state index in [4.69, 9.17) is 9.47 Å². The fraction of sp³-hybridized carbons (Fsp3) is 0.292. The van der Waals surface area contributed by atoms with Crippen LogP contribution in [0, 0.1) is 6.92 Å². The minimum Gasteiger partial charge on any atom is -0.347 e. The smallest absolute Gasteiger partial charge is 0.217 e. The second-order valence-electron chi connectivity index (χ2n) is 6.49. The van der Waals surface area contributed by atoms with Crippen LogP contribution in [0.3, 0.4) is 0 Å². The minimum absolute atomic E-state index is 0.280. The first-order valence-electron chi connectivity index (χ1n) is 9.61. The number of benzene rings is 2. The van der Waals surface area contributed by atoms with Gasteiger partial charge in [0.25, 0.3) is 0 Å². The topological polar surface area (TPSA) is 22.3 Å². The highest BCUT2D eigenvalue weighted by Gasteiger charge is 2.25. The van der Waals surface area contributed by atoms with Gasteiger partial charge in [-0.25, -0.2) is 0 Å². The summed E-state index contributed by atoms with van der Waals surface area (Å²) in [4.78, 5) is 0. The lowest BCUT2D eigenvalue weighted by Crippen LogP contribution is -2.45. The first-order chi connectivity index (χ1) is 13.2. The molecule has 0 saturated carbocycles. The Morgan fingerprint density at radius 1 is 0.741 bits per heavy atom. The number of hydrogen-bond donors (Lipinski definition) is 0. The van der Waals surface area contributed by atoms with Gasteiger partial charge < -0.3 is 9.47 Å². The summed E-state index contributed by atoms with van der Waals surface area (Å²) in [6.07, 6.45) is -0.280. The summed E-state index contributed by atoms with van der Waals surface area (Å²) in [6, 6.07) is 25.5. The van der Waals surface area contributed by atoms with Crippen LogP contribution in [0.1, 0.15) is 19.4 Å². The number of hydrogen-bond acceptors (Lipinski definition) is 2. The number of ether oxygens (including phenoxy) is 2. The van der Waals surface area contributed by atoms with Crippen LogP contribution < -0.4 is 4.57 Å². The van der Waals surface area contributed by atoms with Crippen molar-refractivity contribution in [2.45, 2.75) is 33.6 Å². The molecule has 0 bridgehead atoms. The van der Waals surface area contributed by atoms with Gasteiger partial charge in [0.1, 0.15) is 0 Å². The van der Waals surface area contributed by atoms with Gasteiger partial charge in [0.05, 0.1) is 0 Å². The van der Waals surface area contributed by atoms with Gasteiger partial charge in [0.2, 0.25) is 17.7 Å². The summed E-state index contributed by atoms with van der Waals surface area (Å²) in [5.41, 5.74) is 5.93. The zero-order valence-electron chi connectivity index (χ0n) is 16.4. The minimum atomic E-state index is -0.280. The van der Waals surface area contributed by atoms with Crippen molar-refractivity contribution in [3.8, 4) is 22.5 Å². The summed E-state index contributed by atoms with van der Waals surface area (Å²) in [6.45, 7) is 8.03. The average molecular weight is 362 g/mol. The Kier molecular flexibility index (Phi) is 6.74. The maximum atomic E-state index is 5.86. The van der Waals surface area contributed by atoms with E-state index in [2.05, 4.69) is 72.2 Å². The lowest BCUT2D eigenvalue weighted by Gasteiger charge is -2.17. The average Bonchev–Trinajstić information content (AvgIpc) is 2.70. The van der Waals surface area contributed by atoms with Crippen molar-refractivity contribution in [2.24, 2.45) is 0 Å². The monoisotopic (exact) mass is 362 g/mol. The molecule has 0 fully saturated rings. The van der Waals surface area contributed by atoms with Crippen molar-refractivity contribution in [2.75, 3.05) is 13.2 Å². The molecular formula is C24H28NO2+. The first-order valence-corrected chi connectivity index (χ1v) is 9.61. The number of aryl methyl sites for hydroxylation is 1. The van der Waals surface area contributed by atoms with Crippen molar-refractivity contribution in [3.05, 3.63) is 78.4 Å². The Balaban J connectivity index is 2.16. The molecule has 0 atom stereocenters. The summed E-state index contributed by atoms with van der Waals surface area (Å²) in [7, 11) is 0. The zero-order valence-corrected chi connectivity index (χ0v) is 16.4. The number of aromatic nitrogens is 1. The molecule has 1 aromatic heterocycles. The van der Waals surface area contributed by atoms with Crippen LogP contribution in [0.4, 0.5) is 0 Å². The highest BCUT2D eigenvalue weighted by atomic mass is 16.7. The standard InChI is InChI=1S/C24H28NO2/c1-4-26-24(27-5-2)18-25-22(20-12-8-6-9-13-20)16-19(3)17-23(25)21-14-10-7-11-15-21/h6-17,24H,4-5,18H2,1-3H3/q+1. The Morgan fingerprint density at radius 3 is 1.59 bits per heavy atom. The van der Waals surface area contributed by atoms with Crippen LogP contribution in [0.15, 0.2) is 72.8 Å². The molecule has 0 unspecified atom stereocenters. The van der Waals surface area contributed by atoms with Crippen LogP contribution >= 0.6 is 0 Å². The molecule has 0 radical (unpaired) electrons. The van der Waals surface area contributed by atoms with E-state index in [0.717, 1.165) is 0 Å². The van der Waals surface area contributed by atoms with Crippen LogP contribution in [-0.2, 0) is 16.0 Å². The summed E-state index contributed by atoms with van der Waals surface area (Å²) in [5.74, 6) is 0. The fourth-order valence-corrected chi connectivity index (χ4v) is 3.33. The van der Waals surface area contributed by atoms with Gasteiger partial charge in [-0.3, -0.25) is 0 Å². The zero-order chi connectivity index (χ0) is 19.1. The third-order valence-electron chi connectivity index (χ3n) is 4.49. The molecule has 3 aromatic rings. The van der Waals surface area contributed by atoms with Crippen LogP contribution in [0.2, 0.25) is 0 Å². The molecule has 0 saturated heterocycles. The predicted octanol–water partition coefficient (Wildman–Crippen LogP) is 5.02. The van der Waals surface area contributed by atoms with E-state index in [-0.39, 0.29) is 6.29 Å². The summed E-state index contributed by atoms with van der Waals surface area (Å²) >= 11 is 0. The van der Waals surface area contributed by atoms with Crippen molar-refractivity contribution < 1.29 is 14.0 Å². The van der Waals surface area contributed by atoms with Crippen molar-refractivity contribution in [1.82, 2.24) is 0 Å². The lowest BCUT2D eigenvalue weighted by molar-refractivity contribution is -0.690. The van der Waals surface area contributed by atoms with Crippen molar-refractivity contribution in [3.63, 3.8) is 0 Å². The second-order valence-corrected chi connectivity index (χ2v) is 6.49. The van der Waals surface area contributed by atoms with Gasteiger partial charge in [0, 0.05) is 36.5 Å². The summed E-state index contributed by atoms with van der Waals surface area (Å²) in [5, 5.41) is 0. The maximum absolute atomic E-state index is 5.86. The van der Waals surface area contributed by atoms with Gasteiger partial charge in [-0.05, 0) is 50.6 Å². The van der Waals surface area contributed by atoms with Crippen molar-refractivity contribution >= 4 is 0 Å². The van der Waals surface area contributed by atoms with E-state index >= 15 is 0 Å². The molecule has 0 spiro atoms. The largest absolute Gasteiger partial charge is 0.347 e. The van der Waals surface area contributed by atoms with Gasteiger partial charge >= 0.3 is 0 Å². The summed E-state index contributed by atoms with van der Waals surface area (Å²) < 4.78 is 14.0. The number of nitrogens with zero attached hydrogens (tertiary/aromatic N) is 1. The van der Waals surface area contributed by atoms with Crippen LogP contribution in [0.5, 0.6) is 0 Å². The lowest BCUT2D eigenvalue weighted by atomic mass is 10.0. The molecule has 140 valence electrons. The molecule has 0 aliphatic carbocycles. The molecule has 2 aromatic carbocycles. The van der Waals surface area contributed by atoms with E-state index in [1.165, 1.54) is 28.1 Å². The molecule has 0 aliphatic heterocycles. The molecule has 0 amide bonds. The highest BCUT2D eigenvalue weighted by Crippen LogP contribution is 2.23. The van der Waals surface area contributed by atoms with E-state index in [0.29, 0.717) is 19.8 Å². The molecular weight excluding hydrogens is 334 g/mol. The fourth-order valence-electron chi connectivity index (χ4n) is 3.33. The molecule has 3 heteroatoms. The van der Waals surface area contributed by atoms with E-state index < -0.39 is 0 Å². The Hall–Kier alpha value is -2.49. The third kappa shape index (κ3) is 4.82. The van der Waals surface area contributed by atoms with Crippen LogP contribution in [0.25, 0.3) is 22.5 Å². The SMILES string of the molecule is CCOC(C[n+]1c(-c2ccccc2)cc(C)cc1-c1ccccc1)OCC. The number of pyridine rings is 1. The molecule has 3 nitrogen and oxygen atoms in total. The van der Waals surface area contributed by atoms with E-state index in [1.54, 1.807) is 0 Å². The molecule has 0 N–H and O–H groups in total. The first kappa shape index (κ1) is 19.3. The Bertz CT molecular complexity index is 780. The van der Waals surface area contributed by atoms with Gasteiger partial charge in [0.15, 0.2) is 6.54 Å². The predicted molar refractivity (Wildman–Crippen MR) is 109 cm³/mol. The van der Waals surface area contributed by atoms with Crippen LogP contribution in [-0.4, -0.2) is 19.5 Å². The molecule has 27 heavy (non-hydrogen) atoms. The van der Waals surface area contributed by atoms with Gasteiger partial charge in [-0.2, -0.15) is 4.57 Å². The van der Waals surface area contributed by atoms with E-state index in [1.807, 2.05) is 26.0 Å². The number of rotatable bonds is 8. The molecule has 1 heterocycles. The maximum Gasteiger partial charge on any atom is 0.217 e. The second kappa shape index (κ2) is 9.45. The van der Waals surface area contributed by atoms with Crippen molar-refractivity contribution in [1.29, 1.82) is 0 Å². The quantitative estimate of drug-likeness (QED) is 0.415. The highest BCUT2D eigenvalue weighted by molar-refractivity contribution is 5.62. The normalized spacial score (nSPS) is 11.1.